The first-order valence-electron chi connectivity index (χ1n) is 8.25. The smallest absolute Gasteiger partial charge is 0.257 e. The van der Waals surface area contributed by atoms with Crippen molar-refractivity contribution in [3.05, 3.63) is 63.7 Å². The topological polar surface area (TPSA) is 38.3 Å². The maximum atomic E-state index is 11.9. The molecule has 2 rings (SSSR count). The average Bonchev–Trinajstić information content (AvgIpc) is 2.59. The third-order valence-corrected chi connectivity index (χ3v) is 5.36. The number of carbonyl (C=O) groups excluding carboxylic acids is 1. The molecule has 0 aromatic heterocycles. The molecule has 2 aromatic rings. The van der Waals surface area contributed by atoms with Crippen molar-refractivity contribution in [3.63, 3.8) is 0 Å². The summed E-state index contributed by atoms with van der Waals surface area (Å²) < 4.78 is 5.54. The van der Waals surface area contributed by atoms with E-state index in [4.69, 9.17) is 16.3 Å². The largest absolute Gasteiger partial charge is 0.484 e. The lowest BCUT2D eigenvalue weighted by atomic mass is 10.1. The molecule has 0 unspecified atom stereocenters. The lowest BCUT2D eigenvalue weighted by Gasteiger charge is -2.10. The first kappa shape index (κ1) is 19.7. The third kappa shape index (κ3) is 6.63. The first-order chi connectivity index (χ1) is 12.0. The monoisotopic (exact) mass is 377 g/mol. The molecular formula is C20H24ClNO2S. The highest BCUT2D eigenvalue weighted by atomic mass is 35.5. The normalized spacial score (nSPS) is 10.6. The number of carbonyl (C=O) groups is 1. The van der Waals surface area contributed by atoms with Gasteiger partial charge in [-0.1, -0.05) is 41.4 Å². The number of hydrogen-bond acceptors (Lipinski definition) is 3. The second-order valence-electron chi connectivity index (χ2n) is 6.05. The molecule has 0 bridgehead atoms. The van der Waals surface area contributed by atoms with Crippen LogP contribution < -0.4 is 10.1 Å². The van der Waals surface area contributed by atoms with E-state index >= 15 is 0 Å². The Labute approximate surface area is 159 Å². The number of ether oxygens (including phenoxy) is 1. The van der Waals surface area contributed by atoms with E-state index in [0.717, 1.165) is 27.7 Å². The highest BCUT2D eigenvalue weighted by Crippen LogP contribution is 2.25. The Hall–Kier alpha value is -1.65. The fourth-order valence-electron chi connectivity index (χ4n) is 2.33. The molecular weight excluding hydrogens is 354 g/mol. The zero-order chi connectivity index (χ0) is 18.2. The Bertz CT molecular complexity index is 693. The van der Waals surface area contributed by atoms with E-state index in [-0.39, 0.29) is 12.5 Å². The second-order valence-corrected chi connectivity index (χ2v) is 7.53. The molecule has 25 heavy (non-hydrogen) atoms. The molecule has 0 spiro atoms. The molecule has 1 amide bonds. The Balaban J connectivity index is 1.63. The SMILES string of the molecule is Cc1ccc(CSCCNC(=O)COc2cc(C)c(Cl)c(C)c2)cc1. The van der Waals surface area contributed by atoms with Gasteiger partial charge in [0.1, 0.15) is 5.75 Å². The van der Waals surface area contributed by atoms with E-state index in [0.29, 0.717) is 12.3 Å². The van der Waals surface area contributed by atoms with E-state index in [1.807, 2.05) is 26.0 Å². The summed E-state index contributed by atoms with van der Waals surface area (Å²) >= 11 is 7.93. The number of benzene rings is 2. The van der Waals surface area contributed by atoms with E-state index in [1.54, 1.807) is 11.8 Å². The Kier molecular flexibility index (Phi) is 7.66. The van der Waals surface area contributed by atoms with Crippen molar-refractivity contribution in [3.8, 4) is 5.75 Å². The molecule has 0 saturated carbocycles. The number of hydrogen-bond donors (Lipinski definition) is 1. The van der Waals surface area contributed by atoms with Gasteiger partial charge in [-0.25, -0.2) is 0 Å². The maximum absolute atomic E-state index is 11.9. The molecule has 0 saturated heterocycles. The van der Waals surface area contributed by atoms with Crippen molar-refractivity contribution < 1.29 is 9.53 Å². The molecule has 0 aliphatic carbocycles. The summed E-state index contributed by atoms with van der Waals surface area (Å²) in [5.74, 6) is 2.39. The van der Waals surface area contributed by atoms with Gasteiger partial charge in [0.2, 0.25) is 0 Å². The number of thioether (sulfide) groups is 1. The van der Waals surface area contributed by atoms with Gasteiger partial charge in [0.25, 0.3) is 5.91 Å². The molecule has 0 atom stereocenters. The van der Waals surface area contributed by atoms with Crippen LogP contribution in [0.15, 0.2) is 36.4 Å². The van der Waals surface area contributed by atoms with Gasteiger partial charge in [0, 0.05) is 23.1 Å². The Morgan fingerprint density at radius 1 is 1.12 bits per heavy atom. The summed E-state index contributed by atoms with van der Waals surface area (Å²) in [6, 6.07) is 12.2. The molecule has 0 fully saturated rings. The first-order valence-corrected chi connectivity index (χ1v) is 9.78. The number of nitrogens with one attached hydrogen (secondary N) is 1. The van der Waals surface area contributed by atoms with Crippen LogP contribution in [0.1, 0.15) is 22.3 Å². The standard InChI is InChI=1S/C20H24ClNO2S/c1-14-4-6-17(7-5-14)13-25-9-8-22-19(23)12-24-18-10-15(2)20(21)16(3)11-18/h4-7,10-11H,8-9,12-13H2,1-3H3,(H,22,23). The van der Waals surface area contributed by atoms with Crippen LogP contribution in [0.3, 0.4) is 0 Å². The minimum atomic E-state index is -0.110. The van der Waals surface area contributed by atoms with Crippen LogP contribution in [0.25, 0.3) is 0 Å². The highest BCUT2D eigenvalue weighted by Gasteiger charge is 2.06. The predicted octanol–water partition coefficient (Wildman–Crippen LogP) is 4.69. The Morgan fingerprint density at radius 3 is 2.40 bits per heavy atom. The van der Waals surface area contributed by atoms with Gasteiger partial charge in [-0.15, -0.1) is 0 Å². The van der Waals surface area contributed by atoms with Gasteiger partial charge in [-0.2, -0.15) is 11.8 Å². The van der Waals surface area contributed by atoms with E-state index in [2.05, 4.69) is 36.5 Å². The molecule has 134 valence electrons. The van der Waals surface area contributed by atoms with Crippen LogP contribution >= 0.6 is 23.4 Å². The van der Waals surface area contributed by atoms with Crippen LogP contribution in [-0.4, -0.2) is 24.8 Å². The summed E-state index contributed by atoms with van der Waals surface area (Å²) in [4.78, 5) is 11.9. The van der Waals surface area contributed by atoms with Crippen LogP contribution in [0.2, 0.25) is 5.02 Å². The number of amides is 1. The minimum absolute atomic E-state index is 0.0170. The van der Waals surface area contributed by atoms with Gasteiger partial charge in [-0.3, -0.25) is 4.79 Å². The third-order valence-electron chi connectivity index (χ3n) is 3.74. The maximum Gasteiger partial charge on any atom is 0.257 e. The van der Waals surface area contributed by atoms with Crippen molar-refractivity contribution in [1.29, 1.82) is 0 Å². The number of rotatable bonds is 8. The molecule has 2 aromatic carbocycles. The average molecular weight is 378 g/mol. The van der Waals surface area contributed by atoms with Crippen LogP contribution in [0.5, 0.6) is 5.75 Å². The van der Waals surface area contributed by atoms with Crippen molar-refractivity contribution in [2.75, 3.05) is 18.9 Å². The summed E-state index contributed by atoms with van der Waals surface area (Å²) in [5, 5.41) is 3.62. The van der Waals surface area contributed by atoms with Gasteiger partial charge in [0.05, 0.1) is 0 Å². The van der Waals surface area contributed by atoms with Gasteiger partial charge >= 0.3 is 0 Å². The predicted molar refractivity (Wildman–Crippen MR) is 107 cm³/mol. The fraction of sp³-hybridized carbons (Fsp3) is 0.350. The zero-order valence-corrected chi connectivity index (χ0v) is 16.5. The van der Waals surface area contributed by atoms with Gasteiger partial charge in [-0.05, 0) is 49.6 Å². The minimum Gasteiger partial charge on any atom is -0.484 e. The van der Waals surface area contributed by atoms with Crippen LogP contribution in [0.4, 0.5) is 0 Å². The molecule has 0 heterocycles. The summed E-state index contributed by atoms with van der Waals surface area (Å²) in [5.41, 5.74) is 4.47. The van der Waals surface area contributed by atoms with E-state index < -0.39 is 0 Å². The molecule has 5 heteroatoms. The fourth-order valence-corrected chi connectivity index (χ4v) is 3.25. The lowest BCUT2D eigenvalue weighted by molar-refractivity contribution is -0.122. The molecule has 3 nitrogen and oxygen atoms in total. The van der Waals surface area contributed by atoms with Gasteiger partial charge in [0.15, 0.2) is 6.61 Å². The number of halogens is 1. The number of aryl methyl sites for hydroxylation is 3. The van der Waals surface area contributed by atoms with E-state index in [1.165, 1.54) is 11.1 Å². The highest BCUT2D eigenvalue weighted by molar-refractivity contribution is 7.98. The second kappa shape index (κ2) is 9.73. The van der Waals surface area contributed by atoms with Gasteiger partial charge < -0.3 is 10.1 Å². The van der Waals surface area contributed by atoms with Crippen molar-refractivity contribution in [2.45, 2.75) is 26.5 Å². The molecule has 0 radical (unpaired) electrons. The summed E-state index contributed by atoms with van der Waals surface area (Å²) in [6.07, 6.45) is 0. The summed E-state index contributed by atoms with van der Waals surface area (Å²) in [7, 11) is 0. The van der Waals surface area contributed by atoms with Crippen molar-refractivity contribution in [2.24, 2.45) is 0 Å². The lowest BCUT2D eigenvalue weighted by Crippen LogP contribution is -2.30. The van der Waals surface area contributed by atoms with Crippen molar-refractivity contribution in [1.82, 2.24) is 5.32 Å². The van der Waals surface area contributed by atoms with Crippen LogP contribution in [-0.2, 0) is 10.5 Å². The van der Waals surface area contributed by atoms with Crippen LogP contribution in [0, 0.1) is 20.8 Å². The quantitative estimate of drug-likeness (QED) is 0.678. The summed E-state index contributed by atoms with van der Waals surface area (Å²) in [6.45, 7) is 6.59. The molecule has 1 N–H and O–H groups in total. The zero-order valence-electron chi connectivity index (χ0n) is 14.9. The van der Waals surface area contributed by atoms with E-state index in [9.17, 15) is 4.79 Å². The molecule has 0 aliphatic heterocycles. The molecule has 0 aliphatic rings. The van der Waals surface area contributed by atoms with Crippen molar-refractivity contribution >= 4 is 29.3 Å². The Morgan fingerprint density at radius 2 is 1.76 bits per heavy atom.